The van der Waals surface area contributed by atoms with E-state index in [0.717, 1.165) is 25.9 Å². The lowest BCUT2D eigenvalue weighted by molar-refractivity contribution is -0.118. The number of hydrogen-bond acceptors (Lipinski definition) is 5. The maximum Gasteiger partial charge on any atom is 0.217 e. The van der Waals surface area contributed by atoms with Gasteiger partial charge >= 0.3 is 0 Å². The summed E-state index contributed by atoms with van der Waals surface area (Å²) in [4.78, 5) is 10.8. The Labute approximate surface area is 116 Å². The van der Waals surface area contributed by atoms with E-state index >= 15 is 0 Å². The summed E-state index contributed by atoms with van der Waals surface area (Å²) in [6.07, 6.45) is 2.68. The molecule has 4 nitrogen and oxygen atoms in total. The molecule has 1 aliphatic rings. The molecule has 2 rings (SSSR count). The highest BCUT2D eigenvalue weighted by atomic mass is 32.2. The predicted octanol–water partition coefficient (Wildman–Crippen LogP) is 1.81. The van der Waals surface area contributed by atoms with Crippen LogP contribution in [0.5, 0.6) is 0 Å². The van der Waals surface area contributed by atoms with Gasteiger partial charge in [-0.05, 0) is 41.9 Å². The number of likely N-dealkylation sites (N-methyl/N-ethyl adjacent to an activating group) is 1. The topological polar surface area (TPSA) is 58.4 Å². The number of carbonyl (C=O) groups excluding carboxylic acids is 1. The zero-order valence-electron chi connectivity index (χ0n) is 10.5. The molecule has 0 aromatic carbocycles. The normalized spacial score (nSPS) is 19.7. The number of nitrogens with one attached hydrogen (secondary N) is 1. The second-order valence-electron chi connectivity index (χ2n) is 4.31. The Hall–Kier alpha value is -0.560. The lowest BCUT2D eigenvalue weighted by Gasteiger charge is -2.34. The lowest BCUT2D eigenvalue weighted by atomic mass is 10.2. The molecule has 0 fully saturated rings. The molecule has 0 aliphatic carbocycles. The highest BCUT2D eigenvalue weighted by Gasteiger charge is 2.26. The second kappa shape index (κ2) is 6.56. The molecule has 3 N–H and O–H groups in total. The molecule has 1 unspecified atom stereocenters. The minimum absolute atomic E-state index is 0.214. The summed E-state index contributed by atoms with van der Waals surface area (Å²) in [5.74, 6) is -0.214. The van der Waals surface area contributed by atoms with Crippen LogP contribution in [-0.2, 0) is 11.2 Å². The van der Waals surface area contributed by atoms with Crippen LogP contribution in [0.2, 0.25) is 0 Å². The summed E-state index contributed by atoms with van der Waals surface area (Å²) in [5.41, 5.74) is 6.62. The smallest absolute Gasteiger partial charge is 0.217 e. The van der Waals surface area contributed by atoms with Crippen molar-refractivity contribution in [3.05, 3.63) is 17.0 Å². The number of fused-ring (bicyclic) bond motifs is 1. The number of rotatable bonds is 6. The quantitative estimate of drug-likeness (QED) is 0.783. The fourth-order valence-electron chi connectivity index (χ4n) is 2.05. The minimum Gasteiger partial charge on any atom is -0.370 e. The first-order valence-corrected chi connectivity index (χ1v) is 7.88. The van der Waals surface area contributed by atoms with Crippen molar-refractivity contribution in [2.75, 3.05) is 13.1 Å². The Kier molecular flexibility index (Phi) is 5.05. The average Bonchev–Trinajstić information content (AvgIpc) is 2.76. The average molecular weight is 285 g/mol. The molecule has 1 aromatic rings. The molecule has 1 aliphatic heterocycles. The largest absolute Gasteiger partial charge is 0.370 e. The molecule has 0 saturated carbocycles. The molecule has 18 heavy (non-hydrogen) atoms. The molecule has 1 amide bonds. The first kappa shape index (κ1) is 13.9. The van der Waals surface area contributed by atoms with Gasteiger partial charge in [0.1, 0.15) is 0 Å². The maximum atomic E-state index is 10.8. The molecular weight excluding hydrogens is 266 g/mol. The molecule has 2 heterocycles. The van der Waals surface area contributed by atoms with E-state index in [0.29, 0.717) is 12.6 Å². The van der Waals surface area contributed by atoms with Crippen LogP contribution in [0, 0.1) is 0 Å². The molecule has 100 valence electrons. The van der Waals surface area contributed by atoms with E-state index in [-0.39, 0.29) is 5.91 Å². The van der Waals surface area contributed by atoms with Gasteiger partial charge in [-0.2, -0.15) is 0 Å². The molecule has 0 radical (unpaired) electrons. The summed E-state index contributed by atoms with van der Waals surface area (Å²) < 4.78 is 3.72. The highest BCUT2D eigenvalue weighted by Crippen LogP contribution is 2.38. The van der Waals surface area contributed by atoms with E-state index in [4.69, 9.17) is 5.73 Å². The van der Waals surface area contributed by atoms with Gasteiger partial charge in [-0.3, -0.25) is 4.79 Å². The van der Waals surface area contributed by atoms with Crippen LogP contribution in [0.1, 0.15) is 25.3 Å². The standard InChI is InChI=1S/C12H19N3OS2/c1-2-14-11-8-9-5-7-17-12(9)18-15(11)6-3-4-10(13)16/h5,7,11,14H,2-4,6,8H2,1H3,(H2,13,16). The number of thiophene rings is 1. The van der Waals surface area contributed by atoms with E-state index in [1.165, 1.54) is 9.77 Å². The monoisotopic (exact) mass is 285 g/mol. The molecule has 1 atom stereocenters. The number of nitrogens with two attached hydrogens (primary N) is 1. The number of hydrogen-bond donors (Lipinski definition) is 2. The zero-order valence-corrected chi connectivity index (χ0v) is 12.1. The van der Waals surface area contributed by atoms with E-state index in [1.807, 2.05) is 0 Å². The summed E-state index contributed by atoms with van der Waals surface area (Å²) in [6.45, 7) is 3.97. The summed E-state index contributed by atoms with van der Waals surface area (Å²) in [7, 11) is 0. The van der Waals surface area contributed by atoms with Gasteiger partial charge in [-0.1, -0.05) is 6.92 Å². The van der Waals surface area contributed by atoms with Gasteiger partial charge in [0.05, 0.1) is 10.4 Å². The number of carbonyl (C=O) groups is 1. The third-order valence-electron chi connectivity index (χ3n) is 2.91. The fourth-order valence-corrected chi connectivity index (χ4v) is 4.32. The highest BCUT2D eigenvalue weighted by molar-refractivity contribution is 7.99. The zero-order chi connectivity index (χ0) is 13.0. The van der Waals surface area contributed by atoms with Crippen molar-refractivity contribution < 1.29 is 4.79 Å². The van der Waals surface area contributed by atoms with Crippen molar-refractivity contribution in [2.45, 2.75) is 36.6 Å². The van der Waals surface area contributed by atoms with Gasteiger partial charge in [0.25, 0.3) is 0 Å². The Bertz CT molecular complexity index is 408. The van der Waals surface area contributed by atoms with Gasteiger partial charge in [0.15, 0.2) is 0 Å². The molecule has 0 spiro atoms. The van der Waals surface area contributed by atoms with Crippen molar-refractivity contribution in [3.8, 4) is 0 Å². The van der Waals surface area contributed by atoms with Crippen LogP contribution in [0.15, 0.2) is 15.7 Å². The van der Waals surface area contributed by atoms with E-state index in [9.17, 15) is 4.79 Å². The Morgan fingerprint density at radius 3 is 3.22 bits per heavy atom. The molecule has 0 bridgehead atoms. The van der Waals surface area contributed by atoms with Gasteiger partial charge in [0.2, 0.25) is 5.91 Å². The van der Waals surface area contributed by atoms with Gasteiger partial charge in [-0.25, -0.2) is 4.31 Å². The first-order valence-electron chi connectivity index (χ1n) is 6.23. The van der Waals surface area contributed by atoms with Crippen molar-refractivity contribution in [3.63, 3.8) is 0 Å². The van der Waals surface area contributed by atoms with Crippen molar-refractivity contribution in [2.24, 2.45) is 5.73 Å². The maximum absolute atomic E-state index is 10.8. The van der Waals surface area contributed by atoms with Gasteiger partial charge in [-0.15, -0.1) is 11.3 Å². The molecule has 6 heteroatoms. The van der Waals surface area contributed by atoms with Crippen LogP contribution in [0.4, 0.5) is 0 Å². The predicted molar refractivity (Wildman–Crippen MR) is 76.5 cm³/mol. The second-order valence-corrected chi connectivity index (χ2v) is 6.55. The van der Waals surface area contributed by atoms with Crippen molar-refractivity contribution in [1.29, 1.82) is 0 Å². The SMILES string of the molecule is CCNC1Cc2ccsc2SN1CCCC(N)=O. The summed E-state index contributed by atoms with van der Waals surface area (Å²) in [6, 6.07) is 2.21. The number of amides is 1. The fraction of sp³-hybridized carbons (Fsp3) is 0.583. The third-order valence-corrected chi connectivity index (χ3v) is 5.27. The van der Waals surface area contributed by atoms with E-state index < -0.39 is 0 Å². The first-order chi connectivity index (χ1) is 8.70. The van der Waals surface area contributed by atoms with Crippen LogP contribution in [0.25, 0.3) is 0 Å². The van der Waals surface area contributed by atoms with Crippen molar-refractivity contribution in [1.82, 2.24) is 9.62 Å². The summed E-state index contributed by atoms with van der Waals surface area (Å²) >= 11 is 3.59. The van der Waals surface area contributed by atoms with Gasteiger partial charge < -0.3 is 11.1 Å². The van der Waals surface area contributed by atoms with Crippen molar-refractivity contribution >= 4 is 29.2 Å². The molecular formula is C12H19N3OS2. The van der Waals surface area contributed by atoms with Gasteiger partial charge in [0, 0.05) is 19.4 Å². The van der Waals surface area contributed by atoms with Crippen LogP contribution >= 0.6 is 23.3 Å². The van der Waals surface area contributed by atoms with E-state index in [2.05, 4.69) is 28.0 Å². The Morgan fingerprint density at radius 2 is 2.50 bits per heavy atom. The Balaban J connectivity index is 1.96. The molecule has 1 aromatic heterocycles. The lowest BCUT2D eigenvalue weighted by Crippen LogP contribution is -2.45. The Morgan fingerprint density at radius 1 is 1.67 bits per heavy atom. The molecule has 0 saturated heterocycles. The third kappa shape index (κ3) is 3.47. The van der Waals surface area contributed by atoms with Crippen LogP contribution < -0.4 is 11.1 Å². The number of primary amides is 1. The number of nitrogens with zero attached hydrogens (tertiary/aromatic N) is 1. The summed E-state index contributed by atoms with van der Waals surface area (Å²) in [5, 5.41) is 5.64. The minimum atomic E-state index is -0.214. The van der Waals surface area contributed by atoms with E-state index in [1.54, 1.807) is 23.3 Å². The van der Waals surface area contributed by atoms with Crippen LogP contribution in [-0.4, -0.2) is 29.5 Å². The van der Waals surface area contributed by atoms with Crippen LogP contribution in [0.3, 0.4) is 0 Å².